The van der Waals surface area contributed by atoms with Crippen molar-refractivity contribution in [3.05, 3.63) is 207 Å². The zero-order valence-corrected chi connectivity index (χ0v) is 32.2. The van der Waals surface area contributed by atoms with Crippen molar-refractivity contribution in [3.8, 4) is 56.7 Å². The summed E-state index contributed by atoms with van der Waals surface area (Å²) >= 11 is 0. The first-order chi connectivity index (χ1) is 29.8. The molecular formula is C52H34N8. The number of hydrogen-bond donors (Lipinski definition) is 0. The van der Waals surface area contributed by atoms with Gasteiger partial charge in [-0.3, -0.25) is 18.3 Å². The van der Waals surface area contributed by atoms with E-state index in [1.165, 1.54) is 0 Å². The number of benzene rings is 8. The maximum absolute atomic E-state index is 5.31. The number of fused-ring (bicyclic) bond motifs is 4. The number of nitrogens with zero attached hydrogens (tertiary/aromatic N) is 8. The van der Waals surface area contributed by atoms with Gasteiger partial charge in [-0.1, -0.05) is 115 Å². The second-order valence-electron chi connectivity index (χ2n) is 14.9. The lowest BCUT2D eigenvalue weighted by Crippen LogP contribution is -2.07. The molecule has 0 amide bonds. The van der Waals surface area contributed by atoms with Gasteiger partial charge >= 0.3 is 0 Å². The molecule has 0 aliphatic carbocycles. The van der Waals surface area contributed by atoms with Crippen molar-refractivity contribution >= 4 is 44.1 Å². The summed E-state index contributed by atoms with van der Waals surface area (Å²) in [6.45, 7) is 0. The van der Waals surface area contributed by atoms with Gasteiger partial charge in [0.2, 0.25) is 0 Å². The Bertz CT molecular complexity index is 3330. The van der Waals surface area contributed by atoms with E-state index < -0.39 is 0 Å². The number of imidazole rings is 4. The van der Waals surface area contributed by atoms with E-state index in [1.807, 2.05) is 36.9 Å². The maximum atomic E-state index is 5.31. The summed E-state index contributed by atoms with van der Waals surface area (Å²) in [6.07, 6.45) is 3.83. The van der Waals surface area contributed by atoms with Crippen molar-refractivity contribution in [3.63, 3.8) is 0 Å². The van der Waals surface area contributed by atoms with Gasteiger partial charge in [-0.15, -0.1) is 0 Å². The molecule has 8 aromatic carbocycles. The van der Waals surface area contributed by atoms with Crippen LogP contribution in [0.15, 0.2) is 207 Å². The molecule has 0 atom stereocenters. The van der Waals surface area contributed by atoms with Crippen molar-refractivity contribution in [1.29, 1.82) is 0 Å². The zero-order chi connectivity index (χ0) is 39.6. The number of aromatic nitrogens is 8. The van der Waals surface area contributed by atoms with Gasteiger partial charge in [-0.05, 0) is 84.4 Å². The van der Waals surface area contributed by atoms with E-state index in [0.29, 0.717) is 0 Å². The van der Waals surface area contributed by atoms with Crippen molar-refractivity contribution in [1.82, 2.24) is 38.2 Å². The van der Waals surface area contributed by atoms with Crippen LogP contribution in [0.1, 0.15) is 0 Å². The SMILES string of the molecule is c1ccc(-c2nc3ccccc3n2-c2cccc(-n3c(-c4ccccc4)nc4ccccc43)c2-c2cc(-n3cnc4ccccc43)cc(-n3cnc4ccccc43)c2)cc1. The van der Waals surface area contributed by atoms with Crippen molar-refractivity contribution in [2.75, 3.05) is 0 Å². The molecule has 0 N–H and O–H groups in total. The normalized spacial score (nSPS) is 11.7. The van der Waals surface area contributed by atoms with Crippen molar-refractivity contribution in [2.24, 2.45) is 0 Å². The number of hydrogen-bond acceptors (Lipinski definition) is 4. The molecule has 0 aliphatic rings. The molecule has 0 spiro atoms. The van der Waals surface area contributed by atoms with E-state index in [2.05, 4.69) is 188 Å². The summed E-state index contributed by atoms with van der Waals surface area (Å²) in [5, 5.41) is 0. The largest absolute Gasteiger partial charge is 0.299 e. The highest BCUT2D eigenvalue weighted by atomic mass is 15.1. The Balaban J connectivity index is 1.24. The van der Waals surface area contributed by atoms with Crippen LogP contribution >= 0.6 is 0 Å². The van der Waals surface area contributed by atoms with Crippen LogP contribution in [0.5, 0.6) is 0 Å². The molecule has 0 unspecified atom stereocenters. The minimum atomic E-state index is 0.853. The standard InChI is InChI=1S/C52H34N8/c1-3-16-35(17-4-1)51-55-42-22-9-13-26-46(42)59(51)48-28-15-29-49(60-47-27-14-10-23-43(47)56-52(60)36-18-5-2-6-19-36)50(48)37-30-38(57-33-53-40-20-7-11-24-44(40)57)32-39(31-37)58-34-54-41-21-8-12-25-45(41)58/h1-34H. The van der Waals surface area contributed by atoms with Gasteiger partial charge in [0, 0.05) is 28.1 Å². The van der Waals surface area contributed by atoms with Crippen molar-refractivity contribution < 1.29 is 0 Å². The summed E-state index contributed by atoms with van der Waals surface area (Å²) in [6, 6.07) is 67.5. The summed E-state index contributed by atoms with van der Waals surface area (Å²) in [5.74, 6) is 1.71. The fraction of sp³-hybridized carbons (Fsp3) is 0. The summed E-state index contributed by atoms with van der Waals surface area (Å²) in [4.78, 5) is 20.3. The molecule has 0 bridgehead atoms. The van der Waals surface area contributed by atoms with Crippen LogP contribution in [0.4, 0.5) is 0 Å². The Labute approximate surface area is 344 Å². The molecule has 4 aromatic heterocycles. The number of para-hydroxylation sites is 8. The van der Waals surface area contributed by atoms with Crippen LogP contribution < -0.4 is 0 Å². The smallest absolute Gasteiger partial charge is 0.145 e. The molecule has 282 valence electrons. The van der Waals surface area contributed by atoms with E-state index in [4.69, 9.17) is 19.9 Å². The van der Waals surface area contributed by atoms with E-state index >= 15 is 0 Å². The van der Waals surface area contributed by atoms with Crippen LogP contribution in [0.2, 0.25) is 0 Å². The van der Waals surface area contributed by atoms with E-state index in [0.717, 1.165) is 101 Å². The van der Waals surface area contributed by atoms with Gasteiger partial charge in [-0.25, -0.2) is 19.9 Å². The summed E-state index contributed by atoms with van der Waals surface area (Å²) in [5.41, 5.74) is 15.7. The molecule has 12 rings (SSSR count). The molecule has 8 nitrogen and oxygen atoms in total. The Hall–Kier alpha value is -8.36. The highest BCUT2D eigenvalue weighted by molar-refractivity contribution is 5.93. The molecule has 60 heavy (non-hydrogen) atoms. The van der Waals surface area contributed by atoms with Crippen LogP contribution in [-0.2, 0) is 0 Å². The predicted molar refractivity (Wildman–Crippen MR) is 241 cm³/mol. The average molecular weight is 771 g/mol. The summed E-state index contributed by atoms with van der Waals surface area (Å²) in [7, 11) is 0. The molecule has 0 saturated heterocycles. The first-order valence-electron chi connectivity index (χ1n) is 20.0. The van der Waals surface area contributed by atoms with Crippen LogP contribution in [0.25, 0.3) is 101 Å². The Morgan fingerprint density at radius 3 is 1.18 bits per heavy atom. The lowest BCUT2D eigenvalue weighted by molar-refractivity contribution is 1.05. The highest BCUT2D eigenvalue weighted by Gasteiger charge is 2.25. The average Bonchev–Trinajstić information content (AvgIpc) is 4.12. The minimum absolute atomic E-state index is 0.853. The maximum Gasteiger partial charge on any atom is 0.145 e. The first kappa shape index (κ1) is 33.7. The molecule has 0 saturated carbocycles. The first-order valence-corrected chi connectivity index (χ1v) is 20.0. The molecule has 12 aromatic rings. The summed E-state index contributed by atoms with van der Waals surface area (Å²) < 4.78 is 8.98. The third-order valence-corrected chi connectivity index (χ3v) is 11.3. The highest BCUT2D eigenvalue weighted by Crippen LogP contribution is 2.42. The van der Waals surface area contributed by atoms with Crippen LogP contribution in [-0.4, -0.2) is 38.2 Å². The quantitative estimate of drug-likeness (QED) is 0.162. The second kappa shape index (κ2) is 13.6. The van der Waals surface area contributed by atoms with Gasteiger partial charge < -0.3 is 0 Å². The van der Waals surface area contributed by atoms with Crippen LogP contribution in [0, 0.1) is 0 Å². The van der Waals surface area contributed by atoms with Gasteiger partial charge in [0.25, 0.3) is 0 Å². The molecule has 8 heteroatoms. The van der Waals surface area contributed by atoms with Gasteiger partial charge in [0.05, 0.1) is 55.5 Å². The predicted octanol–water partition coefficient (Wildman–Crippen LogP) is 12.0. The molecule has 0 radical (unpaired) electrons. The van der Waals surface area contributed by atoms with Crippen molar-refractivity contribution in [2.45, 2.75) is 0 Å². The van der Waals surface area contributed by atoms with Gasteiger partial charge in [0.15, 0.2) is 0 Å². The van der Waals surface area contributed by atoms with E-state index in [-0.39, 0.29) is 0 Å². The van der Waals surface area contributed by atoms with E-state index in [1.54, 1.807) is 0 Å². The zero-order valence-electron chi connectivity index (χ0n) is 32.2. The Kier molecular flexibility index (Phi) is 7.67. The van der Waals surface area contributed by atoms with Gasteiger partial charge in [0.1, 0.15) is 24.3 Å². The fourth-order valence-electron chi connectivity index (χ4n) is 8.65. The topological polar surface area (TPSA) is 71.3 Å². The van der Waals surface area contributed by atoms with Crippen LogP contribution in [0.3, 0.4) is 0 Å². The Morgan fingerprint density at radius 1 is 0.317 bits per heavy atom. The lowest BCUT2D eigenvalue weighted by Gasteiger charge is -2.22. The fourth-order valence-corrected chi connectivity index (χ4v) is 8.65. The van der Waals surface area contributed by atoms with Gasteiger partial charge in [-0.2, -0.15) is 0 Å². The van der Waals surface area contributed by atoms with E-state index in [9.17, 15) is 0 Å². The third kappa shape index (κ3) is 5.39. The third-order valence-electron chi connectivity index (χ3n) is 11.3. The lowest BCUT2D eigenvalue weighted by atomic mass is 9.98. The molecule has 0 fully saturated rings. The molecule has 4 heterocycles. The monoisotopic (exact) mass is 770 g/mol. The molecular weight excluding hydrogens is 737 g/mol. The second-order valence-corrected chi connectivity index (χ2v) is 14.9. The number of rotatable bonds is 7. The minimum Gasteiger partial charge on any atom is -0.299 e. The Morgan fingerprint density at radius 2 is 0.717 bits per heavy atom. The molecule has 0 aliphatic heterocycles.